The number of anilines is 1. The molecule has 3 aromatic rings. The Kier molecular flexibility index (Phi) is 7.94. The maximum absolute atomic E-state index is 13.2. The largest absolute Gasteiger partial charge is 0.384 e. The molecule has 0 spiro atoms. The first-order valence-electron chi connectivity index (χ1n) is 10.7. The van der Waals surface area contributed by atoms with Gasteiger partial charge in [-0.3, -0.25) is 10.2 Å². The van der Waals surface area contributed by atoms with E-state index < -0.39 is 32.0 Å². The molecule has 1 atom stereocenters. The number of likely N-dealkylation sites (N-methyl/N-ethyl adjacent to an activating group) is 1. The van der Waals surface area contributed by atoms with Crippen LogP contribution in [0.2, 0.25) is 0 Å². The first-order chi connectivity index (χ1) is 16.8. The zero-order valence-electron chi connectivity index (χ0n) is 19.7. The van der Waals surface area contributed by atoms with Crippen molar-refractivity contribution < 1.29 is 21.6 Å². The van der Waals surface area contributed by atoms with Crippen LogP contribution in [0, 0.1) is 5.41 Å². The van der Waals surface area contributed by atoms with E-state index in [2.05, 4.69) is 5.32 Å². The number of nitrogens with one attached hydrogen (secondary N) is 2. The van der Waals surface area contributed by atoms with Gasteiger partial charge in [0.25, 0.3) is 0 Å². The number of carbonyl (C=O) groups is 1. The van der Waals surface area contributed by atoms with Gasteiger partial charge >= 0.3 is 0 Å². The minimum atomic E-state index is -3.94. The van der Waals surface area contributed by atoms with Gasteiger partial charge < -0.3 is 11.1 Å². The quantitative estimate of drug-likeness (QED) is 0.242. The van der Waals surface area contributed by atoms with Gasteiger partial charge in [-0.2, -0.15) is 4.31 Å². The van der Waals surface area contributed by atoms with Crippen LogP contribution >= 0.6 is 0 Å². The molecule has 0 fully saturated rings. The molecule has 0 aliphatic rings. The van der Waals surface area contributed by atoms with Crippen molar-refractivity contribution >= 4 is 37.5 Å². The topological polar surface area (TPSA) is 177 Å². The van der Waals surface area contributed by atoms with E-state index in [4.69, 9.17) is 16.3 Å². The molecule has 0 aliphatic heterocycles. The van der Waals surface area contributed by atoms with Crippen LogP contribution in [0.3, 0.4) is 0 Å². The number of hydrogen-bond donors (Lipinski definition) is 4. The van der Waals surface area contributed by atoms with E-state index in [9.17, 15) is 21.6 Å². The summed E-state index contributed by atoms with van der Waals surface area (Å²) in [5.41, 5.74) is 8.02. The summed E-state index contributed by atoms with van der Waals surface area (Å²) >= 11 is 0. The van der Waals surface area contributed by atoms with E-state index in [-0.39, 0.29) is 17.2 Å². The Hall–Kier alpha value is -3.58. The third kappa shape index (κ3) is 6.55. The number of rotatable bonds is 9. The van der Waals surface area contributed by atoms with Gasteiger partial charge in [0.2, 0.25) is 26.0 Å². The molecule has 3 rings (SSSR count). The van der Waals surface area contributed by atoms with Gasteiger partial charge in [0.1, 0.15) is 11.9 Å². The highest BCUT2D eigenvalue weighted by Crippen LogP contribution is 2.27. The summed E-state index contributed by atoms with van der Waals surface area (Å²) in [4.78, 5) is 13.2. The van der Waals surface area contributed by atoms with E-state index in [1.54, 1.807) is 66.7 Å². The molecule has 190 valence electrons. The maximum Gasteiger partial charge on any atom is 0.243 e. The van der Waals surface area contributed by atoms with Crippen LogP contribution in [0.5, 0.6) is 0 Å². The molecule has 0 unspecified atom stereocenters. The number of carbonyl (C=O) groups excluding carboxylic acids is 1. The average Bonchev–Trinajstić information content (AvgIpc) is 2.81. The fraction of sp³-hybridized carbons (Fsp3) is 0.167. The zero-order valence-corrected chi connectivity index (χ0v) is 21.3. The number of sulfonamides is 2. The molecule has 1 amide bonds. The SMILES string of the molecule is CN([C@@H](Cc1cccc(C(=N)N)c1)C(=O)Nc1ccc(-c2ccccc2S(N)(=O)=O)cc1)S(C)(=O)=O. The first kappa shape index (κ1) is 27.0. The lowest BCUT2D eigenvalue weighted by molar-refractivity contribution is -0.119. The Morgan fingerprint density at radius 1 is 1.00 bits per heavy atom. The molecule has 3 aromatic carbocycles. The molecule has 0 aromatic heterocycles. The number of primary sulfonamides is 1. The predicted molar refractivity (Wildman–Crippen MR) is 139 cm³/mol. The summed E-state index contributed by atoms with van der Waals surface area (Å²) in [5, 5.41) is 15.7. The highest BCUT2D eigenvalue weighted by atomic mass is 32.2. The van der Waals surface area contributed by atoms with E-state index in [1.165, 1.54) is 13.1 Å². The predicted octanol–water partition coefficient (Wildman–Crippen LogP) is 1.73. The van der Waals surface area contributed by atoms with Crippen molar-refractivity contribution in [2.75, 3.05) is 18.6 Å². The van der Waals surface area contributed by atoms with Crippen molar-refractivity contribution in [3.05, 3.63) is 83.9 Å². The third-order valence-electron chi connectivity index (χ3n) is 5.59. The molecule has 0 bridgehead atoms. The maximum atomic E-state index is 13.2. The molecular weight excluding hydrogens is 502 g/mol. The fourth-order valence-electron chi connectivity index (χ4n) is 3.62. The van der Waals surface area contributed by atoms with Crippen molar-refractivity contribution in [2.24, 2.45) is 10.9 Å². The van der Waals surface area contributed by atoms with E-state index in [1.807, 2.05) is 0 Å². The minimum Gasteiger partial charge on any atom is -0.384 e. The lowest BCUT2D eigenvalue weighted by Crippen LogP contribution is -2.46. The zero-order chi connectivity index (χ0) is 26.7. The van der Waals surface area contributed by atoms with E-state index in [0.717, 1.165) is 10.6 Å². The van der Waals surface area contributed by atoms with Gasteiger partial charge in [-0.1, -0.05) is 48.5 Å². The molecule has 12 heteroatoms. The number of nitrogen functional groups attached to an aromatic ring is 1. The van der Waals surface area contributed by atoms with Crippen molar-refractivity contribution in [2.45, 2.75) is 17.4 Å². The van der Waals surface area contributed by atoms with Gasteiger partial charge in [-0.25, -0.2) is 22.0 Å². The average molecular weight is 530 g/mol. The van der Waals surface area contributed by atoms with Gasteiger partial charge in [-0.05, 0) is 41.8 Å². The normalized spacial score (nSPS) is 12.8. The fourth-order valence-corrected chi connectivity index (χ4v) is 5.01. The molecule has 0 saturated carbocycles. The van der Waals surface area contributed by atoms with Crippen LogP contribution in [-0.2, 0) is 31.3 Å². The molecule has 0 radical (unpaired) electrons. The Morgan fingerprint density at radius 2 is 1.64 bits per heavy atom. The van der Waals surface area contributed by atoms with Crippen LogP contribution < -0.4 is 16.2 Å². The van der Waals surface area contributed by atoms with Crippen LogP contribution in [0.4, 0.5) is 5.69 Å². The Labute approximate surface area is 210 Å². The standard InChI is InChI=1S/C24H27N5O5S2/c1-29(35(2,31)32)21(15-16-6-5-7-18(14-16)23(25)26)24(30)28-19-12-10-17(11-13-19)20-8-3-4-9-22(20)36(27,33)34/h3-14,21H,15H2,1-2H3,(H3,25,26)(H,28,30)(H2,27,33,34)/t21-/m0/s1. The van der Waals surface area contributed by atoms with Gasteiger partial charge in [0.05, 0.1) is 11.2 Å². The van der Waals surface area contributed by atoms with Gasteiger partial charge in [-0.15, -0.1) is 0 Å². The summed E-state index contributed by atoms with van der Waals surface area (Å²) < 4.78 is 49.3. The number of nitrogens with two attached hydrogens (primary N) is 2. The summed E-state index contributed by atoms with van der Waals surface area (Å²) in [6.45, 7) is 0. The Bertz CT molecular complexity index is 1500. The summed E-state index contributed by atoms with van der Waals surface area (Å²) in [6.07, 6.45) is 1.06. The van der Waals surface area contributed by atoms with Crippen LogP contribution in [0.1, 0.15) is 11.1 Å². The Balaban J connectivity index is 1.87. The second kappa shape index (κ2) is 10.6. The summed E-state index contributed by atoms with van der Waals surface area (Å²) in [5.74, 6) is -0.702. The van der Waals surface area contributed by atoms with Crippen molar-refractivity contribution in [3.8, 4) is 11.1 Å². The van der Waals surface area contributed by atoms with E-state index in [0.29, 0.717) is 27.9 Å². The van der Waals surface area contributed by atoms with Gasteiger partial charge in [0.15, 0.2) is 0 Å². The van der Waals surface area contributed by atoms with Crippen molar-refractivity contribution in [3.63, 3.8) is 0 Å². The summed E-state index contributed by atoms with van der Waals surface area (Å²) in [6, 6.07) is 18.3. The monoisotopic (exact) mass is 529 g/mol. The molecule has 0 saturated heterocycles. The van der Waals surface area contributed by atoms with Crippen LogP contribution in [-0.4, -0.2) is 52.2 Å². The highest BCUT2D eigenvalue weighted by molar-refractivity contribution is 7.89. The molecule has 0 heterocycles. The molecule has 0 aliphatic carbocycles. The molecule has 10 nitrogen and oxygen atoms in total. The molecule has 36 heavy (non-hydrogen) atoms. The van der Waals surface area contributed by atoms with Crippen LogP contribution in [0.25, 0.3) is 11.1 Å². The third-order valence-corrected chi connectivity index (χ3v) is 7.86. The first-order valence-corrected chi connectivity index (χ1v) is 14.1. The number of benzene rings is 3. The van der Waals surface area contributed by atoms with Crippen molar-refractivity contribution in [1.82, 2.24) is 4.31 Å². The second-order valence-electron chi connectivity index (χ2n) is 8.22. The van der Waals surface area contributed by atoms with Gasteiger partial charge in [0, 0.05) is 23.9 Å². The second-order valence-corrected chi connectivity index (χ2v) is 11.8. The molecular formula is C24H27N5O5S2. The molecule has 6 N–H and O–H groups in total. The van der Waals surface area contributed by atoms with Crippen molar-refractivity contribution in [1.29, 1.82) is 5.41 Å². The highest BCUT2D eigenvalue weighted by Gasteiger charge is 2.29. The number of nitrogens with zero attached hydrogens (tertiary/aromatic N) is 1. The smallest absolute Gasteiger partial charge is 0.243 e. The number of hydrogen-bond acceptors (Lipinski definition) is 6. The number of amidine groups is 1. The lowest BCUT2D eigenvalue weighted by Gasteiger charge is -2.25. The Morgan fingerprint density at radius 3 is 2.22 bits per heavy atom. The summed E-state index contributed by atoms with van der Waals surface area (Å²) in [7, 11) is -6.33. The van der Waals surface area contributed by atoms with Crippen LogP contribution in [0.15, 0.2) is 77.7 Å². The van der Waals surface area contributed by atoms with E-state index >= 15 is 0 Å². The minimum absolute atomic E-state index is 0.0237. The lowest BCUT2D eigenvalue weighted by atomic mass is 10.0. The number of amides is 1.